The van der Waals surface area contributed by atoms with E-state index in [9.17, 15) is 13.0 Å². The summed E-state index contributed by atoms with van der Waals surface area (Å²) in [6.45, 7) is 3.91. The van der Waals surface area contributed by atoms with Crippen molar-refractivity contribution in [1.82, 2.24) is 0 Å². The minimum Gasteiger partial charge on any atom is -0.726 e. The van der Waals surface area contributed by atoms with E-state index in [1.54, 1.807) is 0 Å². The first-order valence-electron chi connectivity index (χ1n) is 9.86. The summed E-state index contributed by atoms with van der Waals surface area (Å²) < 4.78 is 45.5. The Kier molecular flexibility index (Phi) is 9.41. The number of hydrogen-bond donors (Lipinski definition) is 0. The normalized spacial score (nSPS) is 15.3. The van der Waals surface area contributed by atoms with Crippen LogP contribution in [0.2, 0.25) is 0 Å². The summed E-state index contributed by atoms with van der Waals surface area (Å²) in [6, 6.07) is 8.09. The van der Waals surface area contributed by atoms with Gasteiger partial charge >= 0.3 is 0 Å². The minimum absolute atomic E-state index is 0.0996. The molecule has 0 amide bonds. The zero-order valence-corrected chi connectivity index (χ0v) is 17.0. The van der Waals surface area contributed by atoms with Crippen LogP contribution in [0.3, 0.4) is 0 Å². The van der Waals surface area contributed by atoms with Crippen molar-refractivity contribution in [3.8, 4) is 0 Å². The van der Waals surface area contributed by atoms with Crippen molar-refractivity contribution in [2.75, 3.05) is 26.3 Å². The second-order valence-corrected chi connectivity index (χ2v) is 8.05. The van der Waals surface area contributed by atoms with Gasteiger partial charge in [-0.1, -0.05) is 57.2 Å². The highest BCUT2D eigenvalue weighted by Crippen LogP contribution is 2.12. The van der Waals surface area contributed by atoms with Crippen LogP contribution >= 0.6 is 0 Å². The monoisotopic (exact) mass is 397 g/mol. The van der Waals surface area contributed by atoms with Crippen molar-refractivity contribution in [3.63, 3.8) is 0 Å². The SMILES string of the molecule is CCCCCCCCOCC(C[N+]1=Cc2ccccc2CC1)OS(=O)(=O)[O-]. The predicted molar refractivity (Wildman–Crippen MR) is 104 cm³/mol. The van der Waals surface area contributed by atoms with E-state index in [0.717, 1.165) is 31.4 Å². The van der Waals surface area contributed by atoms with Crippen molar-refractivity contribution >= 4 is 16.6 Å². The summed E-state index contributed by atoms with van der Waals surface area (Å²) in [5.41, 5.74) is 2.38. The zero-order valence-electron chi connectivity index (χ0n) is 16.1. The second kappa shape index (κ2) is 11.5. The first kappa shape index (κ1) is 22.0. The van der Waals surface area contributed by atoms with Crippen molar-refractivity contribution in [2.24, 2.45) is 0 Å². The fourth-order valence-corrected chi connectivity index (χ4v) is 3.75. The Hall–Kier alpha value is -1.28. The zero-order chi connectivity index (χ0) is 19.5. The summed E-state index contributed by atoms with van der Waals surface area (Å²) in [7, 11) is -4.76. The Balaban J connectivity index is 1.81. The van der Waals surface area contributed by atoms with Gasteiger partial charge in [0, 0.05) is 18.6 Å². The molecule has 0 radical (unpaired) electrons. The number of fused-ring (bicyclic) bond motifs is 1. The first-order chi connectivity index (χ1) is 13.0. The molecule has 1 aliphatic heterocycles. The molecule has 152 valence electrons. The Morgan fingerprint density at radius 3 is 2.67 bits per heavy atom. The van der Waals surface area contributed by atoms with E-state index in [0.29, 0.717) is 13.2 Å². The van der Waals surface area contributed by atoms with Gasteiger partial charge in [-0.15, -0.1) is 0 Å². The maximum atomic E-state index is 11.1. The van der Waals surface area contributed by atoms with E-state index in [1.165, 1.54) is 31.2 Å². The van der Waals surface area contributed by atoms with Gasteiger partial charge in [0.05, 0.1) is 6.61 Å². The smallest absolute Gasteiger partial charge is 0.218 e. The van der Waals surface area contributed by atoms with Crippen molar-refractivity contribution in [2.45, 2.75) is 58.0 Å². The molecule has 7 heteroatoms. The third-order valence-corrected chi connectivity index (χ3v) is 5.19. The Labute approximate surface area is 163 Å². The number of hydrogen-bond acceptors (Lipinski definition) is 5. The molecule has 1 atom stereocenters. The van der Waals surface area contributed by atoms with Crippen LogP contribution < -0.4 is 0 Å². The highest BCUT2D eigenvalue weighted by molar-refractivity contribution is 7.80. The number of ether oxygens (including phenoxy) is 1. The second-order valence-electron chi connectivity index (χ2n) is 7.04. The lowest BCUT2D eigenvalue weighted by molar-refractivity contribution is -0.532. The van der Waals surface area contributed by atoms with Gasteiger partial charge in [0.2, 0.25) is 10.4 Å². The molecule has 1 aromatic carbocycles. The first-order valence-corrected chi connectivity index (χ1v) is 11.2. The average molecular weight is 398 g/mol. The van der Waals surface area contributed by atoms with Crippen LogP contribution in [0.4, 0.5) is 0 Å². The van der Waals surface area contributed by atoms with Crippen molar-refractivity contribution in [1.29, 1.82) is 0 Å². The highest BCUT2D eigenvalue weighted by atomic mass is 32.3. The van der Waals surface area contributed by atoms with Crippen LogP contribution in [-0.2, 0) is 25.7 Å². The molecule has 0 fully saturated rings. The summed E-state index contributed by atoms with van der Waals surface area (Å²) in [5, 5.41) is 0. The van der Waals surface area contributed by atoms with E-state index < -0.39 is 16.5 Å². The molecular formula is C20H31NO5S. The van der Waals surface area contributed by atoms with E-state index in [-0.39, 0.29) is 6.61 Å². The van der Waals surface area contributed by atoms with Crippen LogP contribution in [0.1, 0.15) is 56.6 Å². The molecule has 1 aliphatic rings. The van der Waals surface area contributed by atoms with Gasteiger partial charge in [0.1, 0.15) is 6.54 Å². The molecule has 0 aliphatic carbocycles. The van der Waals surface area contributed by atoms with Gasteiger partial charge in [-0.05, 0) is 18.1 Å². The molecule has 0 N–H and O–H groups in total. The molecule has 0 spiro atoms. The number of unbranched alkanes of at least 4 members (excludes halogenated alkanes) is 5. The van der Waals surface area contributed by atoms with Crippen molar-refractivity contribution < 1.29 is 26.5 Å². The molecule has 1 aromatic rings. The standard InChI is InChI=1S/C20H31NO5S/c1-2-3-4-5-6-9-14-25-17-20(26-27(22,23)24)16-21-13-12-18-10-7-8-11-19(18)15-21/h7-8,10-11,15,20H,2-6,9,12-14,16-17H2,1H3. The van der Waals surface area contributed by atoms with Gasteiger partial charge in [-0.3, -0.25) is 4.18 Å². The lowest BCUT2D eigenvalue weighted by atomic mass is 10.0. The van der Waals surface area contributed by atoms with E-state index in [2.05, 4.69) is 13.0 Å². The number of nitrogens with zero attached hydrogens (tertiary/aromatic N) is 1. The summed E-state index contributed by atoms with van der Waals surface area (Å²) >= 11 is 0. The number of benzene rings is 1. The van der Waals surface area contributed by atoms with Crippen LogP contribution in [0, 0.1) is 0 Å². The summed E-state index contributed by atoms with van der Waals surface area (Å²) in [5.74, 6) is 0. The molecule has 6 nitrogen and oxygen atoms in total. The fraction of sp³-hybridized carbons (Fsp3) is 0.650. The molecule has 27 heavy (non-hydrogen) atoms. The maximum Gasteiger partial charge on any atom is 0.218 e. The topological polar surface area (TPSA) is 78.7 Å². The van der Waals surface area contributed by atoms with Gasteiger partial charge in [-0.25, -0.2) is 13.0 Å². The van der Waals surface area contributed by atoms with E-state index in [1.807, 2.05) is 29.0 Å². The molecule has 1 unspecified atom stereocenters. The molecule has 0 saturated heterocycles. The van der Waals surface area contributed by atoms with Gasteiger partial charge in [-0.2, -0.15) is 0 Å². The lowest BCUT2D eigenvalue weighted by Gasteiger charge is -2.20. The fourth-order valence-electron chi connectivity index (χ4n) is 3.30. The Bertz CT molecular complexity index is 702. The summed E-state index contributed by atoms with van der Waals surface area (Å²) in [6.07, 6.45) is 9.00. The molecule has 1 heterocycles. The lowest BCUT2D eigenvalue weighted by Crippen LogP contribution is -2.36. The predicted octanol–water partition coefficient (Wildman–Crippen LogP) is 2.90. The average Bonchev–Trinajstić information content (AvgIpc) is 2.62. The van der Waals surface area contributed by atoms with Gasteiger partial charge in [0.15, 0.2) is 18.9 Å². The third kappa shape index (κ3) is 8.97. The maximum absolute atomic E-state index is 11.1. The highest BCUT2D eigenvalue weighted by Gasteiger charge is 2.23. The Morgan fingerprint density at radius 1 is 1.15 bits per heavy atom. The molecular weight excluding hydrogens is 366 g/mol. The molecule has 0 aromatic heterocycles. The van der Waals surface area contributed by atoms with Crippen molar-refractivity contribution in [3.05, 3.63) is 35.4 Å². The van der Waals surface area contributed by atoms with Crippen LogP contribution in [0.15, 0.2) is 24.3 Å². The van der Waals surface area contributed by atoms with E-state index in [4.69, 9.17) is 8.92 Å². The number of rotatable bonds is 13. The van der Waals surface area contributed by atoms with Crippen LogP contribution in [0.5, 0.6) is 0 Å². The van der Waals surface area contributed by atoms with Crippen LogP contribution in [0.25, 0.3) is 0 Å². The quantitative estimate of drug-likeness (QED) is 0.221. The molecule has 2 rings (SSSR count). The molecule has 0 bridgehead atoms. The molecule has 0 saturated carbocycles. The largest absolute Gasteiger partial charge is 0.726 e. The van der Waals surface area contributed by atoms with Crippen LogP contribution in [-0.4, -0.2) is 56.2 Å². The van der Waals surface area contributed by atoms with Gasteiger partial charge < -0.3 is 9.29 Å². The third-order valence-electron chi connectivity index (χ3n) is 4.68. The Morgan fingerprint density at radius 2 is 1.89 bits per heavy atom. The minimum atomic E-state index is -4.76. The summed E-state index contributed by atoms with van der Waals surface area (Å²) in [4.78, 5) is 0. The van der Waals surface area contributed by atoms with Gasteiger partial charge in [0.25, 0.3) is 0 Å². The van der Waals surface area contributed by atoms with E-state index >= 15 is 0 Å².